The first-order valence-corrected chi connectivity index (χ1v) is 6.14. The maximum absolute atomic E-state index is 11.1. The second kappa shape index (κ2) is 6.33. The molecule has 0 unspecified atom stereocenters. The Hall–Kier alpha value is -1.29. The molecule has 0 aliphatic heterocycles. The van der Waals surface area contributed by atoms with Gasteiger partial charge in [-0.2, -0.15) is 0 Å². The summed E-state index contributed by atoms with van der Waals surface area (Å²) < 4.78 is 4.59. The second-order valence-corrected chi connectivity index (χ2v) is 4.12. The standard InChI is InChI=1S/C12H15NO2S/c1-9(8-12(14)15-2)13-10-6-4-5-7-11(10)16-3/h4-7H,8H2,1-3H3. The molecule has 4 heteroatoms. The molecule has 0 radical (unpaired) electrons. The summed E-state index contributed by atoms with van der Waals surface area (Å²) in [6.45, 7) is 1.83. The van der Waals surface area contributed by atoms with Crippen molar-refractivity contribution in [2.45, 2.75) is 18.2 Å². The second-order valence-electron chi connectivity index (χ2n) is 3.27. The zero-order chi connectivity index (χ0) is 12.0. The third-order valence-electron chi connectivity index (χ3n) is 2.02. The van der Waals surface area contributed by atoms with E-state index >= 15 is 0 Å². The number of rotatable bonds is 4. The Morgan fingerprint density at radius 2 is 2.12 bits per heavy atom. The Bertz CT molecular complexity index is 402. The lowest BCUT2D eigenvalue weighted by atomic mass is 10.3. The van der Waals surface area contributed by atoms with E-state index in [1.165, 1.54) is 7.11 Å². The van der Waals surface area contributed by atoms with Crippen molar-refractivity contribution in [3.8, 4) is 0 Å². The predicted octanol–water partition coefficient (Wildman–Crippen LogP) is 3.06. The monoisotopic (exact) mass is 237 g/mol. The zero-order valence-electron chi connectivity index (χ0n) is 9.69. The Kier molecular flexibility index (Phi) is 5.05. The molecule has 1 aromatic rings. The van der Waals surface area contributed by atoms with E-state index < -0.39 is 0 Å². The van der Waals surface area contributed by atoms with Crippen LogP contribution in [0.5, 0.6) is 0 Å². The largest absolute Gasteiger partial charge is 0.469 e. The first kappa shape index (κ1) is 12.8. The molecule has 0 aliphatic rings. The molecule has 0 aromatic heterocycles. The Labute approximate surface area is 99.9 Å². The van der Waals surface area contributed by atoms with Crippen molar-refractivity contribution in [2.24, 2.45) is 4.99 Å². The number of benzene rings is 1. The van der Waals surface area contributed by atoms with Crippen LogP contribution in [0.4, 0.5) is 5.69 Å². The van der Waals surface area contributed by atoms with Gasteiger partial charge in [-0.15, -0.1) is 11.8 Å². The minimum Gasteiger partial charge on any atom is -0.469 e. The molecule has 0 saturated carbocycles. The number of thioether (sulfide) groups is 1. The van der Waals surface area contributed by atoms with E-state index in [2.05, 4.69) is 9.73 Å². The van der Waals surface area contributed by atoms with Crippen LogP contribution in [-0.4, -0.2) is 25.0 Å². The molecule has 0 spiro atoms. The van der Waals surface area contributed by atoms with Gasteiger partial charge in [0.15, 0.2) is 0 Å². The molecular formula is C12H15NO2S. The highest BCUT2D eigenvalue weighted by molar-refractivity contribution is 7.98. The molecule has 0 bridgehead atoms. The lowest BCUT2D eigenvalue weighted by molar-refractivity contribution is -0.139. The first-order chi connectivity index (χ1) is 7.67. The summed E-state index contributed by atoms with van der Waals surface area (Å²) in [6.07, 6.45) is 2.24. The van der Waals surface area contributed by atoms with Gasteiger partial charge in [0.2, 0.25) is 0 Å². The topological polar surface area (TPSA) is 38.7 Å². The molecule has 1 aromatic carbocycles. The Morgan fingerprint density at radius 3 is 2.75 bits per heavy atom. The number of para-hydroxylation sites is 1. The highest BCUT2D eigenvalue weighted by Gasteiger charge is 2.04. The maximum Gasteiger partial charge on any atom is 0.311 e. The first-order valence-electron chi connectivity index (χ1n) is 4.91. The van der Waals surface area contributed by atoms with Crippen LogP contribution in [0.15, 0.2) is 34.2 Å². The molecule has 86 valence electrons. The Balaban J connectivity index is 2.85. The summed E-state index contributed by atoms with van der Waals surface area (Å²) in [5.74, 6) is -0.261. The van der Waals surface area contributed by atoms with Crippen molar-refractivity contribution < 1.29 is 9.53 Å². The molecule has 0 amide bonds. The normalized spacial score (nSPS) is 11.3. The molecule has 0 N–H and O–H groups in total. The fourth-order valence-electron chi connectivity index (χ4n) is 1.25. The molecule has 1 rings (SSSR count). The highest BCUT2D eigenvalue weighted by Crippen LogP contribution is 2.27. The van der Waals surface area contributed by atoms with Gasteiger partial charge in [0.1, 0.15) is 0 Å². The number of esters is 1. The maximum atomic E-state index is 11.1. The van der Waals surface area contributed by atoms with Crippen molar-refractivity contribution in [1.82, 2.24) is 0 Å². The van der Waals surface area contributed by atoms with E-state index in [4.69, 9.17) is 0 Å². The molecule has 0 aliphatic carbocycles. The zero-order valence-corrected chi connectivity index (χ0v) is 10.5. The summed E-state index contributed by atoms with van der Waals surface area (Å²) in [5, 5.41) is 0. The number of nitrogens with zero attached hydrogens (tertiary/aromatic N) is 1. The quantitative estimate of drug-likeness (QED) is 0.459. The molecule has 0 atom stereocenters. The lowest BCUT2D eigenvalue weighted by Crippen LogP contribution is -2.05. The van der Waals surface area contributed by atoms with E-state index in [0.717, 1.165) is 16.3 Å². The smallest absolute Gasteiger partial charge is 0.311 e. The van der Waals surface area contributed by atoms with Gasteiger partial charge in [-0.3, -0.25) is 9.79 Å². The van der Waals surface area contributed by atoms with Crippen molar-refractivity contribution in [3.63, 3.8) is 0 Å². The van der Waals surface area contributed by atoms with Crippen LogP contribution < -0.4 is 0 Å². The fraction of sp³-hybridized carbons (Fsp3) is 0.333. The minimum atomic E-state index is -0.261. The van der Waals surface area contributed by atoms with E-state index in [-0.39, 0.29) is 12.4 Å². The molecule has 0 fully saturated rings. The summed E-state index contributed by atoms with van der Waals surface area (Å²) in [6, 6.07) is 7.85. The van der Waals surface area contributed by atoms with Crippen LogP contribution in [0.3, 0.4) is 0 Å². The minimum absolute atomic E-state index is 0.235. The summed E-state index contributed by atoms with van der Waals surface area (Å²) >= 11 is 1.64. The Morgan fingerprint density at radius 1 is 1.44 bits per heavy atom. The molecular weight excluding hydrogens is 222 g/mol. The van der Waals surface area contributed by atoms with E-state index in [1.54, 1.807) is 11.8 Å². The number of carbonyl (C=O) groups excluding carboxylic acids is 1. The van der Waals surface area contributed by atoms with Gasteiger partial charge in [0.25, 0.3) is 0 Å². The van der Waals surface area contributed by atoms with Gasteiger partial charge in [-0.25, -0.2) is 0 Å². The van der Waals surface area contributed by atoms with Crippen LogP contribution in [0.1, 0.15) is 13.3 Å². The van der Waals surface area contributed by atoms with Gasteiger partial charge < -0.3 is 4.74 Å². The summed E-state index contributed by atoms with van der Waals surface area (Å²) in [4.78, 5) is 16.6. The van der Waals surface area contributed by atoms with Crippen molar-refractivity contribution >= 4 is 29.1 Å². The van der Waals surface area contributed by atoms with Crippen molar-refractivity contribution in [1.29, 1.82) is 0 Å². The SMILES string of the molecule is COC(=O)CC(C)=Nc1ccccc1SC. The molecule has 0 heterocycles. The van der Waals surface area contributed by atoms with Crippen LogP contribution >= 0.6 is 11.8 Å². The predicted molar refractivity (Wildman–Crippen MR) is 67.6 cm³/mol. The van der Waals surface area contributed by atoms with Crippen LogP contribution in [0.2, 0.25) is 0 Å². The van der Waals surface area contributed by atoms with Gasteiger partial charge in [0, 0.05) is 10.6 Å². The molecule has 3 nitrogen and oxygen atoms in total. The number of ether oxygens (including phenoxy) is 1. The van der Waals surface area contributed by atoms with Crippen LogP contribution in [0.25, 0.3) is 0 Å². The van der Waals surface area contributed by atoms with Crippen molar-refractivity contribution in [3.05, 3.63) is 24.3 Å². The third kappa shape index (κ3) is 3.70. The highest BCUT2D eigenvalue weighted by atomic mass is 32.2. The van der Waals surface area contributed by atoms with Crippen LogP contribution in [-0.2, 0) is 9.53 Å². The van der Waals surface area contributed by atoms with Gasteiger partial charge in [-0.05, 0) is 25.3 Å². The van der Waals surface area contributed by atoms with Gasteiger partial charge in [0.05, 0.1) is 19.2 Å². The van der Waals surface area contributed by atoms with E-state index in [0.29, 0.717) is 0 Å². The molecule has 0 saturated heterocycles. The van der Waals surface area contributed by atoms with Crippen LogP contribution in [0, 0.1) is 0 Å². The molecule has 16 heavy (non-hydrogen) atoms. The average molecular weight is 237 g/mol. The van der Waals surface area contributed by atoms with Crippen molar-refractivity contribution in [2.75, 3.05) is 13.4 Å². The third-order valence-corrected chi connectivity index (χ3v) is 2.81. The average Bonchev–Trinajstić information content (AvgIpc) is 2.29. The summed E-state index contributed by atoms with van der Waals surface area (Å²) in [7, 11) is 1.38. The number of aliphatic imine (C=N–C) groups is 1. The van der Waals surface area contributed by atoms with E-state index in [9.17, 15) is 4.79 Å². The number of methoxy groups -OCH3 is 1. The number of carbonyl (C=O) groups is 1. The summed E-state index contributed by atoms with van der Waals surface area (Å²) in [5.41, 5.74) is 1.66. The van der Waals surface area contributed by atoms with Gasteiger partial charge >= 0.3 is 5.97 Å². The fourth-order valence-corrected chi connectivity index (χ4v) is 1.79. The van der Waals surface area contributed by atoms with Gasteiger partial charge in [-0.1, -0.05) is 12.1 Å². The number of hydrogen-bond donors (Lipinski definition) is 0. The lowest BCUT2D eigenvalue weighted by Gasteiger charge is -2.03. The van der Waals surface area contributed by atoms with E-state index in [1.807, 2.05) is 37.4 Å². The number of hydrogen-bond acceptors (Lipinski definition) is 4.